The Kier molecular flexibility index (Phi) is 4.46. The maximum absolute atomic E-state index is 12.1. The van der Waals surface area contributed by atoms with E-state index in [4.69, 9.17) is 5.73 Å². The van der Waals surface area contributed by atoms with Crippen molar-refractivity contribution in [1.82, 2.24) is 15.3 Å². The summed E-state index contributed by atoms with van der Waals surface area (Å²) < 4.78 is 0. The molecule has 2 aliphatic rings. The van der Waals surface area contributed by atoms with Gasteiger partial charge in [0, 0.05) is 50.7 Å². The van der Waals surface area contributed by atoms with Gasteiger partial charge in [-0.2, -0.15) is 0 Å². The number of nitrogens with zero attached hydrogens (tertiary/aromatic N) is 4. The second kappa shape index (κ2) is 6.92. The van der Waals surface area contributed by atoms with Crippen molar-refractivity contribution >= 4 is 17.5 Å². The number of nitrogens with one attached hydrogen (secondary N) is 1. The lowest BCUT2D eigenvalue weighted by Gasteiger charge is -2.36. The van der Waals surface area contributed by atoms with Gasteiger partial charge in [-0.05, 0) is 31.0 Å². The zero-order valence-electron chi connectivity index (χ0n) is 14.8. The van der Waals surface area contributed by atoms with E-state index in [0.29, 0.717) is 6.54 Å². The summed E-state index contributed by atoms with van der Waals surface area (Å²) in [6, 6.07) is 9.91. The molecule has 1 saturated heterocycles. The van der Waals surface area contributed by atoms with Gasteiger partial charge in [-0.1, -0.05) is 12.1 Å². The van der Waals surface area contributed by atoms with Gasteiger partial charge in [0.15, 0.2) is 0 Å². The van der Waals surface area contributed by atoms with Crippen LogP contribution in [0.2, 0.25) is 0 Å². The molecule has 0 radical (unpaired) electrons. The summed E-state index contributed by atoms with van der Waals surface area (Å²) in [5.74, 6) is 1.89. The highest BCUT2D eigenvalue weighted by molar-refractivity contribution is 5.89. The number of anilines is 2. The summed E-state index contributed by atoms with van der Waals surface area (Å²) in [5, 5.41) is 2.96. The van der Waals surface area contributed by atoms with Crippen molar-refractivity contribution in [1.29, 1.82) is 0 Å². The van der Waals surface area contributed by atoms with Crippen molar-refractivity contribution in [2.75, 3.05) is 36.0 Å². The lowest BCUT2D eigenvalue weighted by Crippen LogP contribution is -2.47. The van der Waals surface area contributed by atoms with Gasteiger partial charge >= 0.3 is 0 Å². The zero-order valence-corrected chi connectivity index (χ0v) is 14.8. The Morgan fingerprint density at radius 2 is 1.77 bits per heavy atom. The predicted octanol–water partition coefficient (Wildman–Crippen LogP) is 0.911. The maximum atomic E-state index is 12.1. The van der Waals surface area contributed by atoms with E-state index in [2.05, 4.69) is 25.1 Å². The van der Waals surface area contributed by atoms with Crippen LogP contribution in [0.1, 0.15) is 18.4 Å². The van der Waals surface area contributed by atoms with Gasteiger partial charge in [-0.3, -0.25) is 4.79 Å². The van der Waals surface area contributed by atoms with Crippen LogP contribution >= 0.6 is 0 Å². The molecule has 3 N–H and O–H groups in total. The summed E-state index contributed by atoms with van der Waals surface area (Å²) in [6.07, 6.45) is 5.17. The van der Waals surface area contributed by atoms with Crippen molar-refractivity contribution in [2.24, 2.45) is 5.73 Å². The van der Waals surface area contributed by atoms with Crippen LogP contribution in [0.3, 0.4) is 0 Å². The zero-order chi connectivity index (χ0) is 18.0. The van der Waals surface area contributed by atoms with E-state index >= 15 is 0 Å². The molecule has 7 heteroatoms. The largest absolute Gasteiger partial charge is 0.353 e. The topological polar surface area (TPSA) is 87.4 Å². The molecule has 0 bridgehead atoms. The van der Waals surface area contributed by atoms with Crippen LogP contribution in [-0.4, -0.2) is 47.6 Å². The van der Waals surface area contributed by atoms with E-state index in [-0.39, 0.29) is 5.91 Å². The maximum Gasteiger partial charge on any atom is 0.240 e. The quantitative estimate of drug-likeness (QED) is 0.832. The van der Waals surface area contributed by atoms with Crippen LogP contribution in [0.15, 0.2) is 42.7 Å². The third kappa shape index (κ3) is 3.48. The molecule has 0 spiro atoms. The number of hydrogen-bond donors (Lipinski definition) is 2. The van der Waals surface area contributed by atoms with E-state index in [1.54, 1.807) is 6.20 Å². The van der Waals surface area contributed by atoms with Crippen LogP contribution in [-0.2, 0) is 11.3 Å². The molecule has 3 heterocycles. The van der Waals surface area contributed by atoms with Crippen molar-refractivity contribution < 1.29 is 4.79 Å². The van der Waals surface area contributed by atoms with Crippen LogP contribution in [0.4, 0.5) is 11.6 Å². The third-order valence-electron chi connectivity index (χ3n) is 5.10. The standard InChI is InChI=1S/C19H24N6O/c20-19(6-7-19)18(26)23-14-15-4-3-9-22-17(15)25-12-10-24(11-13-25)16-5-1-2-8-21-16/h1-5,8-9H,6-7,10-14,20H2,(H,23,26). The number of carbonyl (C=O) groups is 1. The molecule has 0 aromatic carbocycles. The first-order valence-electron chi connectivity index (χ1n) is 9.08. The van der Waals surface area contributed by atoms with Crippen molar-refractivity contribution in [3.8, 4) is 0 Å². The van der Waals surface area contributed by atoms with Gasteiger partial charge in [0.1, 0.15) is 11.6 Å². The van der Waals surface area contributed by atoms with Gasteiger partial charge < -0.3 is 20.9 Å². The fourth-order valence-electron chi connectivity index (χ4n) is 3.25. The molecule has 0 atom stereocenters. The molecule has 1 saturated carbocycles. The van der Waals surface area contributed by atoms with Crippen LogP contribution < -0.4 is 20.9 Å². The van der Waals surface area contributed by atoms with Crippen molar-refractivity contribution in [3.05, 3.63) is 48.3 Å². The number of rotatable bonds is 5. The lowest BCUT2D eigenvalue weighted by atomic mass is 10.2. The molecule has 1 aliphatic carbocycles. The molecule has 2 aromatic heterocycles. The van der Waals surface area contributed by atoms with Crippen molar-refractivity contribution in [3.63, 3.8) is 0 Å². The highest BCUT2D eigenvalue weighted by Crippen LogP contribution is 2.32. The normalized spacial score (nSPS) is 18.5. The molecule has 1 amide bonds. The first kappa shape index (κ1) is 16.8. The van der Waals surface area contributed by atoms with Crippen LogP contribution in [0.25, 0.3) is 0 Å². The monoisotopic (exact) mass is 352 g/mol. The number of nitrogens with two attached hydrogens (primary N) is 1. The van der Waals surface area contributed by atoms with Gasteiger partial charge in [-0.15, -0.1) is 0 Å². The second-order valence-electron chi connectivity index (χ2n) is 6.99. The molecule has 0 unspecified atom stereocenters. The van der Waals surface area contributed by atoms with E-state index < -0.39 is 5.54 Å². The Labute approximate surface area is 153 Å². The molecule has 136 valence electrons. The Bertz CT molecular complexity index is 769. The first-order valence-corrected chi connectivity index (χ1v) is 9.08. The second-order valence-corrected chi connectivity index (χ2v) is 6.99. The predicted molar refractivity (Wildman–Crippen MR) is 101 cm³/mol. The molecule has 1 aliphatic heterocycles. The number of pyridine rings is 2. The molecule has 2 fully saturated rings. The summed E-state index contributed by atoms with van der Waals surface area (Å²) in [5.41, 5.74) is 6.34. The Morgan fingerprint density at radius 1 is 1.04 bits per heavy atom. The fraction of sp³-hybridized carbons (Fsp3) is 0.421. The summed E-state index contributed by atoms with van der Waals surface area (Å²) >= 11 is 0. The first-order chi connectivity index (χ1) is 12.7. The van der Waals surface area contributed by atoms with E-state index in [1.807, 2.05) is 36.5 Å². The number of amides is 1. The van der Waals surface area contributed by atoms with Crippen molar-refractivity contribution in [2.45, 2.75) is 24.9 Å². The Hall–Kier alpha value is -2.67. The summed E-state index contributed by atoms with van der Waals surface area (Å²) in [4.78, 5) is 25.7. The number of carbonyl (C=O) groups excluding carboxylic acids is 1. The molecule has 26 heavy (non-hydrogen) atoms. The smallest absolute Gasteiger partial charge is 0.240 e. The summed E-state index contributed by atoms with van der Waals surface area (Å²) in [7, 11) is 0. The van der Waals surface area contributed by atoms with Gasteiger partial charge in [0.25, 0.3) is 0 Å². The average Bonchev–Trinajstić information content (AvgIpc) is 3.46. The number of piperazine rings is 1. The van der Waals surface area contributed by atoms with Crippen LogP contribution in [0.5, 0.6) is 0 Å². The lowest BCUT2D eigenvalue weighted by molar-refractivity contribution is -0.123. The van der Waals surface area contributed by atoms with E-state index in [1.165, 1.54) is 0 Å². The molecule has 7 nitrogen and oxygen atoms in total. The molecule has 4 rings (SSSR count). The third-order valence-corrected chi connectivity index (χ3v) is 5.10. The Morgan fingerprint density at radius 3 is 2.46 bits per heavy atom. The molecule has 2 aromatic rings. The fourth-order valence-corrected chi connectivity index (χ4v) is 3.25. The van der Waals surface area contributed by atoms with E-state index in [0.717, 1.165) is 56.2 Å². The molecular formula is C19H24N6O. The van der Waals surface area contributed by atoms with Gasteiger partial charge in [0.05, 0.1) is 5.54 Å². The number of aromatic nitrogens is 2. The minimum Gasteiger partial charge on any atom is -0.353 e. The van der Waals surface area contributed by atoms with Gasteiger partial charge in [0.2, 0.25) is 5.91 Å². The highest BCUT2D eigenvalue weighted by atomic mass is 16.2. The minimum absolute atomic E-state index is 0.0627. The SMILES string of the molecule is NC1(C(=O)NCc2cccnc2N2CCN(c3ccccn3)CC2)CC1. The Balaban J connectivity index is 1.40. The minimum atomic E-state index is -0.642. The molecular weight excluding hydrogens is 328 g/mol. The highest BCUT2D eigenvalue weighted by Gasteiger charge is 2.45. The van der Waals surface area contributed by atoms with Crippen LogP contribution in [0, 0.1) is 0 Å². The number of hydrogen-bond acceptors (Lipinski definition) is 6. The van der Waals surface area contributed by atoms with Gasteiger partial charge in [-0.25, -0.2) is 9.97 Å². The average molecular weight is 352 g/mol. The summed E-state index contributed by atoms with van der Waals surface area (Å²) in [6.45, 7) is 3.99. The van der Waals surface area contributed by atoms with E-state index in [9.17, 15) is 4.79 Å².